The number of nitrogens with zero attached hydrogens (tertiary/aromatic N) is 5. The van der Waals surface area contributed by atoms with Crippen LogP contribution in [0.3, 0.4) is 0 Å². The van der Waals surface area contributed by atoms with Crippen LogP contribution in [0.5, 0.6) is 0 Å². The molecule has 1 aromatic heterocycles. The van der Waals surface area contributed by atoms with Gasteiger partial charge in [-0.2, -0.15) is 0 Å². The number of hydrogen-bond acceptors (Lipinski definition) is 9. The van der Waals surface area contributed by atoms with Crippen LogP contribution in [-0.4, -0.2) is 106 Å². The van der Waals surface area contributed by atoms with Gasteiger partial charge in [0.25, 0.3) is 0 Å². The van der Waals surface area contributed by atoms with Gasteiger partial charge >= 0.3 is 0 Å². The van der Waals surface area contributed by atoms with E-state index in [1.54, 1.807) is 6.20 Å². The molecule has 4 aliphatic rings. The van der Waals surface area contributed by atoms with Gasteiger partial charge in [-0.05, 0) is 112 Å². The van der Waals surface area contributed by atoms with E-state index in [1.165, 1.54) is 5.56 Å². The third kappa shape index (κ3) is 9.83. The minimum absolute atomic E-state index is 0.192. The highest BCUT2D eigenvalue weighted by molar-refractivity contribution is 6.32. The molecule has 3 aromatic carbocycles. The molecule has 0 saturated carbocycles. The van der Waals surface area contributed by atoms with Crippen molar-refractivity contribution >= 4 is 41.0 Å². The summed E-state index contributed by atoms with van der Waals surface area (Å²) in [7, 11) is 0. The van der Waals surface area contributed by atoms with E-state index in [-0.39, 0.29) is 29.8 Å². The highest BCUT2D eigenvalue weighted by atomic mass is 35.5. The smallest absolute Gasteiger partial charge is 0.249 e. The Morgan fingerprint density at radius 3 is 2.23 bits per heavy atom. The van der Waals surface area contributed by atoms with Crippen LogP contribution in [0.25, 0.3) is 22.4 Å². The van der Waals surface area contributed by atoms with E-state index < -0.39 is 0 Å². The van der Waals surface area contributed by atoms with Gasteiger partial charge in [-0.25, -0.2) is 9.97 Å². The van der Waals surface area contributed by atoms with Gasteiger partial charge < -0.3 is 25.3 Å². The molecule has 11 nitrogen and oxygen atoms in total. The van der Waals surface area contributed by atoms with Gasteiger partial charge in [-0.3, -0.25) is 19.7 Å². The first-order valence-electron chi connectivity index (χ1n) is 20.7. The van der Waals surface area contributed by atoms with E-state index in [9.17, 15) is 14.4 Å². The molecule has 0 radical (unpaired) electrons. The first-order chi connectivity index (χ1) is 27.8. The molecule has 5 heterocycles. The maximum atomic E-state index is 13.3. The van der Waals surface area contributed by atoms with Crippen molar-refractivity contribution in [1.29, 1.82) is 0 Å². The van der Waals surface area contributed by atoms with Crippen molar-refractivity contribution in [2.24, 2.45) is 0 Å². The van der Waals surface area contributed by atoms with Crippen LogP contribution < -0.4 is 16.0 Å². The molecule has 0 bridgehead atoms. The number of amides is 3. The zero-order valence-electron chi connectivity index (χ0n) is 32.5. The number of benzene rings is 3. The first kappa shape index (κ1) is 39.0. The molecule has 3 N–H and O–H groups in total. The topological polar surface area (TPSA) is 123 Å². The molecule has 3 amide bonds. The van der Waals surface area contributed by atoms with Crippen LogP contribution in [-0.2, 0) is 14.4 Å². The quantitative estimate of drug-likeness (QED) is 0.141. The zero-order chi connectivity index (χ0) is 39.1. The summed E-state index contributed by atoms with van der Waals surface area (Å²) in [5.74, 6) is 0.917. The number of anilines is 2. The van der Waals surface area contributed by atoms with Crippen molar-refractivity contribution in [2.75, 3.05) is 56.4 Å². The van der Waals surface area contributed by atoms with Crippen molar-refractivity contribution in [3.8, 4) is 22.4 Å². The van der Waals surface area contributed by atoms with E-state index in [2.05, 4.69) is 79.3 Å². The zero-order valence-corrected chi connectivity index (χ0v) is 33.3. The lowest BCUT2D eigenvalue weighted by Gasteiger charge is -2.42. The van der Waals surface area contributed by atoms with Crippen LogP contribution >= 0.6 is 11.6 Å². The van der Waals surface area contributed by atoms with Crippen LogP contribution in [0.15, 0.2) is 85.1 Å². The predicted octanol–water partition coefficient (Wildman–Crippen LogP) is 6.82. The van der Waals surface area contributed by atoms with Gasteiger partial charge in [0.05, 0.1) is 16.9 Å². The molecule has 4 fully saturated rings. The van der Waals surface area contributed by atoms with Crippen molar-refractivity contribution in [1.82, 2.24) is 30.0 Å². The van der Waals surface area contributed by atoms with Crippen molar-refractivity contribution in [3.63, 3.8) is 0 Å². The maximum absolute atomic E-state index is 13.3. The molecule has 298 valence electrons. The molecule has 57 heavy (non-hydrogen) atoms. The monoisotopic (exact) mass is 788 g/mol. The molecule has 8 rings (SSSR count). The average molecular weight is 789 g/mol. The number of likely N-dealkylation sites (tertiary alicyclic amines) is 3. The van der Waals surface area contributed by atoms with Gasteiger partial charge in [-0.1, -0.05) is 72.3 Å². The lowest BCUT2D eigenvalue weighted by molar-refractivity contribution is -0.134. The van der Waals surface area contributed by atoms with Gasteiger partial charge in [-0.15, -0.1) is 0 Å². The molecular formula is C45H53ClN8O3. The molecule has 4 aliphatic heterocycles. The molecule has 1 atom stereocenters. The normalized spacial score (nSPS) is 20.6. The fourth-order valence-corrected chi connectivity index (χ4v) is 9.17. The number of nitrogens with one attached hydrogen (secondary N) is 3. The minimum atomic E-state index is -0.362. The number of aromatic nitrogens is 2. The molecule has 0 aliphatic carbocycles. The lowest BCUT2D eigenvalue weighted by atomic mass is 9.88. The SMILES string of the molecule is O=C1CCC(Nc2ccc(C3CCN(C4CCN(CCC(=O)N5CCC(Nc6ncc(Cl)c(-c7cccc(-c8ccccc8)c7)n6)CC5)CC4)CC3)cc2)C(=O)N1. The average Bonchev–Trinajstić information content (AvgIpc) is 3.25. The Kier molecular flexibility index (Phi) is 12.4. The number of imide groups is 1. The first-order valence-corrected chi connectivity index (χ1v) is 21.1. The van der Waals surface area contributed by atoms with E-state index in [0.29, 0.717) is 47.9 Å². The molecule has 12 heteroatoms. The summed E-state index contributed by atoms with van der Waals surface area (Å²) in [6.07, 6.45) is 9.45. The molecule has 1 unspecified atom stereocenters. The second kappa shape index (κ2) is 18.2. The summed E-state index contributed by atoms with van der Waals surface area (Å²) in [5, 5.41) is 9.72. The molecular weight excluding hydrogens is 736 g/mol. The van der Waals surface area contributed by atoms with Gasteiger partial charge in [0.1, 0.15) is 6.04 Å². The Hall–Kier alpha value is -4.84. The van der Waals surface area contributed by atoms with Crippen LogP contribution in [0.1, 0.15) is 69.3 Å². The number of hydrogen-bond donors (Lipinski definition) is 3. The lowest BCUT2D eigenvalue weighted by Crippen LogP contribution is -2.48. The van der Waals surface area contributed by atoms with Crippen LogP contribution in [0, 0.1) is 0 Å². The fraction of sp³-hybridized carbons (Fsp3) is 0.444. The summed E-state index contributed by atoms with van der Waals surface area (Å²) in [6.45, 7) is 6.62. The van der Waals surface area contributed by atoms with E-state index in [0.717, 1.165) is 107 Å². The van der Waals surface area contributed by atoms with Gasteiger partial charge in [0, 0.05) is 55.8 Å². The number of carbonyl (C=O) groups excluding carboxylic acids is 3. The molecule has 0 spiro atoms. The highest BCUT2D eigenvalue weighted by Crippen LogP contribution is 2.33. The number of rotatable bonds is 11. The third-order valence-corrected chi connectivity index (χ3v) is 12.7. The third-order valence-electron chi connectivity index (χ3n) is 12.4. The summed E-state index contributed by atoms with van der Waals surface area (Å²) < 4.78 is 0. The summed E-state index contributed by atoms with van der Waals surface area (Å²) >= 11 is 6.59. The predicted molar refractivity (Wildman–Crippen MR) is 225 cm³/mol. The second-order valence-corrected chi connectivity index (χ2v) is 16.4. The molecule has 4 aromatic rings. The highest BCUT2D eigenvalue weighted by Gasteiger charge is 2.30. The van der Waals surface area contributed by atoms with Gasteiger partial charge in [0.15, 0.2) is 0 Å². The minimum Gasteiger partial charge on any atom is -0.374 e. The van der Waals surface area contributed by atoms with Crippen LogP contribution in [0.2, 0.25) is 5.02 Å². The molecule has 4 saturated heterocycles. The summed E-state index contributed by atoms with van der Waals surface area (Å²) in [6, 6.07) is 27.5. The van der Waals surface area contributed by atoms with E-state index in [1.807, 2.05) is 35.2 Å². The van der Waals surface area contributed by atoms with Crippen molar-refractivity contribution < 1.29 is 14.4 Å². The Morgan fingerprint density at radius 1 is 0.772 bits per heavy atom. The largest absolute Gasteiger partial charge is 0.374 e. The number of piperidine rings is 4. The maximum Gasteiger partial charge on any atom is 0.249 e. The van der Waals surface area contributed by atoms with Gasteiger partial charge in [0.2, 0.25) is 23.7 Å². The summed E-state index contributed by atoms with van der Waals surface area (Å²) in [5.41, 5.74) is 6.17. The second-order valence-electron chi connectivity index (χ2n) is 16.0. The summed E-state index contributed by atoms with van der Waals surface area (Å²) in [4.78, 5) is 53.3. The van der Waals surface area contributed by atoms with Crippen molar-refractivity contribution in [2.45, 2.75) is 81.8 Å². The Balaban J connectivity index is 0.730. The Morgan fingerprint density at radius 2 is 1.49 bits per heavy atom. The Bertz CT molecular complexity index is 2010. The number of carbonyl (C=O) groups is 3. The standard InChI is InChI=1S/C45H53ClN8O3/c46-39-30-47-45(51-43(39)35-8-4-7-34(29-35)31-5-2-1-3-6-31)49-37-17-27-54(28-18-37)42(56)21-24-52-22-19-38(20-23-52)53-25-15-33(16-26-53)32-9-11-36(12-10-32)48-40-13-14-41(55)50-44(40)57/h1-12,29-30,33,37-38,40,48H,13-28H2,(H,47,49,51)(H,50,55,57). The van der Waals surface area contributed by atoms with Crippen molar-refractivity contribution in [3.05, 3.63) is 95.6 Å². The number of halogens is 1. The Labute approximate surface area is 340 Å². The fourth-order valence-electron chi connectivity index (χ4n) is 8.97. The van der Waals surface area contributed by atoms with Crippen LogP contribution in [0.4, 0.5) is 11.6 Å². The van der Waals surface area contributed by atoms with E-state index in [4.69, 9.17) is 16.6 Å². The van der Waals surface area contributed by atoms with E-state index >= 15 is 0 Å².